The zero-order valence-corrected chi connectivity index (χ0v) is 11.0. The van der Waals surface area contributed by atoms with Gasteiger partial charge in [-0.3, -0.25) is 4.98 Å². The Morgan fingerprint density at radius 2 is 2.25 bits per heavy atom. The molecule has 2 aromatic rings. The Morgan fingerprint density at radius 1 is 1.45 bits per heavy atom. The number of aryl methyl sites for hydroxylation is 1. The van der Waals surface area contributed by atoms with E-state index in [1.807, 2.05) is 6.92 Å². The molecule has 0 atom stereocenters. The van der Waals surface area contributed by atoms with Gasteiger partial charge >= 0.3 is 0 Å². The second-order valence-electron chi connectivity index (χ2n) is 4.33. The van der Waals surface area contributed by atoms with Gasteiger partial charge in [-0.05, 0) is 30.7 Å². The quantitative estimate of drug-likeness (QED) is 0.345. The number of hydrogen-bond donors (Lipinski definition) is 3. The molecule has 104 valence electrons. The Hall–Kier alpha value is -2.63. The van der Waals surface area contributed by atoms with Crippen LogP contribution in [-0.2, 0) is 6.54 Å². The van der Waals surface area contributed by atoms with Gasteiger partial charge in [-0.2, -0.15) is 0 Å². The maximum atomic E-state index is 13.6. The number of nitrogens with zero attached hydrogens (tertiary/aromatic N) is 2. The van der Waals surface area contributed by atoms with E-state index in [2.05, 4.69) is 15.5 Å². The predicted octanol–water partition coefficient (Wildman–Crippen LogP) is 2.24. The maximum absolute atomic E-state index is 13.6. The van der Waals surface area contributed by atoms with Gasteiger partial charge in [0.25, 0.3) is 0 Å². The number of rotatable bonds is 4. The lowest BCUT2D eigenvalue weighted by atomic mass is 10.1. The number of halogens is 1. The van der Waals surface area contributed by atoms with E-state index < -0.39 is 0 Å². The number of nitrogens with one attached hydrogen (secondary N) is 1. The van der Waals surface area contributed by atoms with Crippen molar-refractivity contribution in [1.82, 2.24) is 4.98 Å². The molecule has 0 spiro atoms. The molecule has 0 fully saturated rings. The lowest BCUT2D eigenvalue weighted by Crippen LogP contribution is -2.18. The van der Waals surface area contributed by atoms with E-state index in [0.29, 0.717) is 23.5 Å². The summed E-state index contributed by atoms with van der Waals surface area (Å²) in [5.74, 6) is -0.406. The molecular weight excluding hydrogens is 259 g/mol. The van der Waals surface area contributed by atoms with Gasteiger partial charge in [-0.25, -0.2) is 4.39 Å². The van der Waals surface area contributed by atoms with Crippen molar-refractivity contribution < 1.29 is 9.60 Å². The van der Waals surface area contributed by atoms with Gasteiger partial charge in [0.1, 0.15) is 11.5 Å². The van der Waals surface area contributed by atoms with E-state index in [4.69, 9.17) is 10.9 Å². The highest BCUT2D eigenvalue weighted by Crippen LogP contribution is 2.17. The average molecular weight is 274 g/mol. The highest BCUT2D eigenvalue weighted by molar-refractivity contribution is 5.96. The van der Waals surface area contributed by atoms with Gasteiger partial charge in [-0.1, -0.05) is 17.3 Å². The van der Waals surface area contributed by atoms with Crippen LogP contribution in [0.1, 0.15) is 16.8 Å². The summed E-state index contributed by atoms with van der Waals surface area (Å²) < 4.78 is 13.6. The number of anilines is 1. The van der Waals surface area contributed by atoms with Crippen molar-refractivity contribution >= 4 is 11.5 Å². The van der Waals surface area contributed by atoms with Crippen molar-refractivity contribution in [3.05, 3.63) is 59.2 Å². The second-order valence-corrected chi connectivity index (χ2v) is 4.33. The molecule has 0 saturated carbocycles. The summed E-state index contributed by atoms with van der Waals surface area (Å²) in [7, 11) is 0. The molecule has 0 amide bonds. The van der Waals surface area contributed by atoms with Crippen molar-refractivity contribution in [2.24, 2.45) is 10.9 Å². The van der Waals surface area contributed by atoms with E-state index >= 15 is 0 Å². The van der Waals surface area contributed by atoms with E-state index in [1.54, 1.807) is 30.5 Å². The van der Waals surface area contributed by atoms with Gasteiger partial charge in [0.2, 0.25) is 0 Å². The Balaban J connectivity index is 2.21. The molecule has 4 N–H and O–H groups in total. The van der Waals surface area contributed by atoms with Crippen LogP contribution in [-0.4, -0.2) is 16.0 Å². The minimum Gasteiger partial charge on any atom is -0.409 e. The first-order chi connectivity index (χ1) is 9.61. The SMILES string of the molecule is Cc1ccc(F)c(NCc2cccnc2C(N)=NO)c1. The van der Waals surface area contributed by atoms with Crippen LogP contribution < -0.4 is 11.1 Å². The molecule has 1 aromatic carbocycles. The molecular formula is C14H15FN4O. The Bertz CT molecular complexity index is 643. The van der Waals surface area contributed by atoms with Gasteiger partial charge < -0.3 is 16.3 Å². The van der Waals surface area contributed by atoms with Crippen LogP contribution in [0.4, 0.5) is 10.1 Å². The minimum atomic E-state index is -0.329. The average Bonchev–Trinajstić information content (AvgIpc) is 2.47. The van der Waals surface area contributed by atoms with Gasteiger partial charge in [0.05, 0.1) is 5.69 Å². The fourth-order valence-corrected chi connectivity index (χ4v) is 1.82. The Morgan fingerprint density at radius 3 is 3.00 bits per heavy atom. The second kappa shape index (κ2) is 6.01. The topological polar surface area (TPSA) is 83.5 Å². The molecule has 0 aliphatic heterocycles. The van der Waals surface area contributed by atoms with Crippen LogP contribution in [0.15, 0.2) is 41.7 Å². The number of nitrogens with two attached hydrogens (primary N) is 1. The van der Waals surface area contributed by atoms with Gasteiger partial charge in [-0.15, -0.1) is 0 Å². The van der Waals surface area contributed by atoms with Crippen LogP contribution in [0.25, 0.3) is 0 Å². The summed E-state index contributed by atoms with van der Waals surface area (Å²) in [6.45, 7) is 2.20. The first-order valence-corrected chi connectivity index (χ1v) is 6.03. The van der Waals surface area contributed by atoms with E-state index in [1.165, 1.54) is 6.07 Å². The molecule has 0 radical (unpaired) electrons. The van der Waals surface area contributed by atoms with E-state index in [0.717, 1.165) is 5.56 Å². The Kier molecular flexibility index (Phi) is 4.14. The fraction of sp³-hybridized carbons (Fsp3) is 0.143. The zero-order chi connectivity index (χ0) is 14.5. The van der Waals surface area contributed by atoms with Crippen LogP contribution in [0.5, 0.6) is 0 Å². The standard InChI is InChI=1S/C14H15FN4O/c1-9-4-5-11(15)12(7-9)18-8-10-3-2-6-17-13(10)14(16)19-20/h2-7,18,20H,8H2,1H3,(H2,16,19). The van der Waals surface area contributed by atoms with Gasteiger partial charge in [0, 0.05) is 18.3 Å². The van der Waals surface area contributed by atoms with Crippen LogP contribution in [0, 0.1) is 12.7 Å². The smallest absolute Gasteiger partial charge is 0.189 e. The van der Waals surface area contributed by atoms with Gasteiger partial charge in [0.15, 0.2) is 5.84 Å². The molecule has 1 aromatic heterocycles. The predicted molar refractivity (Wildman–Crippen MR) is 75.2 cm³/mol. The van der Waals surface area contributed by atoms with Crippen LogP contribution in [0.2, 0.25) is 0 Å². The molecule has 1 heterocycles. The lowest BCUT2D eigenvalue weighted by molar-refractivity contribution is 0.318. The molecule has 0 saturated heterocycles. The fourth-order valence-electron chi connectivity index (χ4n) is 1.82. The van der Waals surface area contributed by atoms with E-state index in [-0.39, 0.29) is 11.7 Å². The monoisotopic (exact) mass is 274 g/mol. The first kappa shape index (κ1) is 13.8. The summed E-state index contributed by atoms with van der Waals surface area (Å²) >= 11 is 0. The number of pyridine rings is 1. The normalized spacial score (nSPS) is 11.4. The zero-order valence-electron chi connectivity index (χ0n) is 11.0. The summed E-state index contributed by atoms with van der Waals surface area (Å²) in [6, 6.07) is 8.34. The van der Waals surface area contributed by atoms with Crippen LogP contribution in [0.3, 0.4) is 0 Å². The van der Waals surface area contributed by atoms with Crippen molar-refractivity contribution in [2.45, 2.75) is 13.5 Å². The highest BCUT2D eigenvalue weighted by atomic mass is 19.1. The largest absolute Gasteiger partial charge is 0.409 e. The number of amidine groups is 1. The van der Waals surface area contributed by atoms with Crippen LogP contribution >= 0.6 is 0 Å². The third-order valence-electron chi connectivity index (χ3n) is 2.83. The summed E-state index contributed by atoms with van der Waals surface area (Å²) in [5.41, 5.74) is 7.99. The number of oxime groups is 1. The first-order valence-electron chi connectivity index (χ1n) is 6.03. The number of benzene rings is 1. The summed E-state index contributed by atoms with van der Waals surface area (Å²) in [4.78, 5) is 4.05. The third kappa shape index (κ3) is 3.03. The number of aromatic nitrogens is 1. The van der Waals surface area contributed by atoms with Crippen molar-refractivity contribution in [3.63, 3.8) is 0 Å². The molecule has 0 aliphatic carbocycles. The third-order valence-corrected chi connectivity index (χ3v) is 2.83. The molecule has 20 heavy (non-hydrogen) atoms. The van der Waals surface area contributed by atoms with Crippen molar-refractivity contribution in [1.29, 1.82) is 0 Å². The highest BCUT2D eigenvalue weighted by Gasteiger charge is 2.09. The molecule has 5 nitrogen and oxygen atoms in total. The maximum Gasteiger partial charge on any atom is 0.189 e. The molecule has 6 heteroatoms. The van der Waals surface area contributed by atoms with Crippen molar-refractivity contribution in [3.8, 4) is 0 Å². The molecule has 0 aliphatic rings. The lowest BCUT2D eigenvalue weighted by Gasteiger charge is -2.11. The summed E-state index contributed by atoms with van der Waals surface area (Å²) in [6.07, 6.45) is 1.55. The summed E-state index contributed by atoms with van der Waals surface area (Å²) in [5, 5.41) is 14.6. The molecule has 0 unspecified atom stereocenters. The van der Waals surface area contributed by atoms with E-state index in [9.17, 15) is 4.39 Å². The minimum absolute atomic E-state index is 0.0767. The number of hydrogen-bond acceptors (Lipinski definition) is 4. The molecule has 0 bridgehead atoms. The Labute approximate surface area is 116 Å². The van der Waals surface area contributed by atoms with Crippen molar-refractivity contribution in [2.75, 3.05) is 5.32 Å². The molecule has 2 rings (SSSR count).